The normalized spacial score (nSPS) is 16.1. The number of hydrogen-bond acceptors (Lipinski definition) is 6. The standard InChI is InChI=1S/C20H18ClN5O4S/c21-18-14-11-22-25(17-6-1-2-9-30-17)16(14)8-7-15(18)23-20(31)24-19(27)12-4-3-5-13(10-12)26(28)29/h3-5,7-8,10-11,17H,1-2,6,9H2,(H2,23,24,27,31). The van der Waals surface area contributed by atoms with Crippen molar-refractivity contribution in [3.05, 3.63) is 63.3 Å². The number of ether oxygens (including phenoxy) is 1. The van der Waals surface area contributed by atoms with Crippen molar-refractivity contribution in [1.29, 1.82) is 0 Å². The average molecular weight is 460 g/mol. The number of carbonyl (C=O) groups excluding carboxylic acids is 1. The zero-order valence-corrected chi connectivity index (χ0v) is 17.8. The van der Waals surface area contributed by atoms with Crippen LogP contribution in [0.25, 0.3) is 10.9 Å². The lowest BCUT2D eigenvalue weighted by atomic mass is 10.2. The number of hydrogen-bond donors (Lipinski definition) is 2. The second-order valence-corrected chi connectivity index (χ2v) is 7.77. The Morgan fingerprint density at radius 1 is 1.32 bits per heavy atom. The van der Waals surface area contributed by atoms with E-state index in [1.165, 1.54) is 24.3 Å². The SMILES string of the molecule is O=C(NC(=S)Nc1ccc2c(cnn2C2CCCCO2)c1Cl)c1cccc([N+](=O)[O-])c1. The fraction of sp³-hybridized carbons (Fsp3) is 0.250. The molecule has 3 aromatic rings. The van der Waals surface area contributed by atoms with Gasteiger partial charge in [-0.25, -0.2) is 4.68 Å². The van der Waals surface area contributed by atoms with Crippen molar-refractivity contribution in [2.24, 2.45) is 0 Å². The monoisotopic (exact) mass is 459 g/mol. The van der Waals surface area contributed by atoms with Gasteiger partial charge in [0, 0.05) is 29.7 Å². The number of nitrogens with zero attached hydrogens (tertiary/aromatic N) is 3. The van der Waals surface area contributed by atoms with Gasteiger partial charge in [-0.15, -0.1) is 0 Å². The lowest BCUT2D eigenvalue weighted by molar-refractivity contribution is -0.384. The molecule has 0 saturated carbocycles. The lowest BCUT2D eigenvalue weighted by Crippen LogP contribution is -2.34. The minimum absolute atomic E-state index is 0.0146. The number of nitro groups is 1. The molecule has 160 valence electrons. The molecule has 2 N–H and O–H groups in total. The van der Waals surface area contributed by atoms with Gasteiger partial charge in [0.2, 0.25) is 0 Å². The summed E-state index contributed by atoms with van der Waals surface area (Å²) in [7, 11) is 0. The number of anilines is 1. The van der Waals surface area contributed by atoms with Crippen LogP contribution in [0, 0.1) is 10.1 Å². The molecule has 2 aromatic carbocycles. The molecule has 9 nitrogen and oxygen atoms in total. The Balaban J connectivity index is 1.48. The van der Waals surface area contributed by atoms with Crippen molar-refractivity contribution in [3.63, 3.8) is 0 Å². The molecule has 2 heterocycles. The average Bonchev–Trinajstić information content (AvgIpc) is 3.21. The van der Waals surface area contributed by atoms with E-state index in [0.29, 0.717) is 17.3 Å². The maximum absolute atomic E-state index is 12.4. The van der Waals surface area contributed by atoms with Gasteiger partial charge >= 0.3 is 0 Å². The van der Waals surface area contributed by atoms with Gasteiger partial charge in [0.1, 0.15) is 0 Å². The third-order valence-corrected chi connectivity index (χ3v) is 5.55. The van der Waals surface area contributed by atoms with Crippen LogP contribution < -0.4 is 10.6 Å². The Morgan fingerprint density at radius 2 is 2.16 bits per heavy atom. The van der Waals surface area contributed by atoms with E-state index in [-0.39, 0.29) is 22.6 Å². The number of nitrogens with one attached hydrogen (secondary N) is 2. The summed E-state index contributed by atoms with van der Waals surface area (Å²) >= 11 is 11.8. The van der Waals surface area contributed by atoms with Crippen LogP contribution in [0.4, 0.5) is 11.4 Å². The van der Waals surface area contributed by atoms with E-state index >= 15 is 0 Å². The number of aromatic nitrogens is 2. The number of amides is 1. The molecule has 1 saturated heterocycles. The first-order chi connectivity index (χ1) is 14.9. The molecule has 0 radical (unpaired) electrons. The number of carbonyl (C=O) groups is 1. The Kier molecular flexibility index (Phi) is 6.12. The summed E-state index contributed by atoms with van der Waals surface area (Å²) in [5.41, 5.74) is 1.28. The quantitative estimate of drug-likeness (QED) is 0.337. The van der Waals surface area contributed by atoms with Crippen molar-refractivity contribution in [2.75, 3.05) is 11.9 Å². The summed E-state index contributed by atoms with van der Waals surface area (Å²) in [5, 5.41) is 21.9. The van der Waals surface area contributed by atoms with E-state index in [2.05, 4.69) is 15.7 Å². The number of halogens is 1. The topological polar surface area (TPSA) is 111 Å². The number of benzene rings is 2. The first kappa shape index (κ1) is 21.2. The van der Waals surface area contributed by atoms with Crippen LogP contribution in [0.1, 0.15) is 35.8 Å². The maximum Gasteiger partial charge on any atom is 0.270 e. The van der Waals surface area contributed by atoms with E-state index in [4.69, 9.17) is 28.6 Å². The molecule has 1 aromatic heterocycles. The van der Waals surface area contributed by atoms with Crippen LogP contribution in [0.15, 0.2) is 42.6 Å². The van der Waals surface area contributed by atoms with Crippen LogP contribution in [-0.2, 0) is 4.74 Å². The number of nitro benzene ring substituents is 1. The minimum atomic E-state index is -0.569. The smallest absolute Gasteiger partial charge is 0.270 e. The Hall–Kier alpha value is -3.08. The van der Waals surface area contributed by atoms with E-state index in [1.54, 1.807) is 12.3 Å². The number of non-ortho nitro benzene ring substituents is 1. The minimum Gasteiger partial charge on any atom is -0.356 e. The van der Waals surface area contributed by atoms with Gasteiger partial charge in [-0.3, -0.25) is 20.2 Å². The van der Waals surface area contributed by atoms with Gasteiger partial charge in [-0.1, -0.05) is 17.7 Å². The molecule has 0 spiro atoms. The van der Waals surface area contributed by atoms with Crippen molar-refractivity contribution in [1.82, 2.24) is 15.1 Å². The Morgan fingerprint density at radius 3 is 2.90 bits per heavy atom. The van der Waals surface area contributed by atoms with Gasteiger partial charge in [0.25, 0.3) is 11.6 Å². The van der Waals surface area contributed by atoms with Crippen LogP contribution in [-0.4, -0.2) is 32.3 Å². The fourth-order valence-electron chi connectivity index (χ4n) is 3.42. The molecule has 1 unspecified atom stereocenters. The highest BCUT2D eigenvalue weighted by molar-refractivity contribution is 7.80. The van der Waals surface area contributed by atoms with Crippen molar-refractivity contribution >= 4 is 57.1 Å². The highest BCUT2D eigenvalue weighted by atomic mass is 35.5. The van der Waals surface area contributed by atoms with Crippen LogP contribution in [0.3, 0.4) is 0 Å². The van der Waals surface area contributed by atoms with Gasteiger partial charge in [-0.05, 0) is 49.7 Å². The molecule has 1 aliphatic rings. The van der Waals surface area contributed by atoms with Crippen molar-refractivity contribution in [2.45, 2.75) is 25.5 Å². The predicted octanol–water partition coefficient (Wildman–Crippen LogP) is 4.42. The molecule has 0 bridgehead atoms. The lowest BCUT2D eigenvalue weighted by Gasteiger charge is -2.23. The van der Waals surface area contributed by atoms with Crippen LogP contribution >= 0.6 is 23.8 Å². The molecule has 1 fully saturated rings. The highest BCUT2D eigenvalue weighted by Crippen LogP contribution is 2.33. The molecular formula is C20H18ClN5O4S. The molecule has 1 aliphatic heterocycles. The molecule has 1 amide bonds. The summed E-state index contributed by atoms with van der Waals surface area (Å²) in [6.07, 6.45) is 4.58. The molecule has 31 heavy (non-hydrogen) atoms. The highest BCUT2D eigenvalue weighted by Gasteiger charge is 2.20. The van der Waals surface area contributed by atoms with Crippen LogP contribution in [0.2, 0.25) is 5.02 Å². The van der Waals surface area contributed by atoms with Gasteiger partial charge in [0.15, 0.2) is 11.3 Å². The molecule has 11 heteroatoms. The number of rotatable bonds is 4. The van der Waals surface area contributed by atoms with E-state index in [0.717, 1.165) is 30.2 Å². The second-order valence-electron chi connectivity index (χ2n) is 6.99. The summed E-state index contributed by atoms with van der Waals surface area (Å²) in [4.78, 5) is 22.7. The van der Waals surface area contributed by atoms with Gasteiger partial charge in [0.05, 0.1) is 27.3 Å². The third-order valence-electron chi connectivity index (χ3n) is 4.94. The Bertz CT molecular complexity index is 1180. The van der Waals surface area contributed by atoms with Gasteiger partial charge < -0.3 is 10.1 Å². The zero-order chi connectivity index (χ0) is 22.0. The first-order valence-corrected chi connectivity index (χ1v) is 10.4. The third kappa shape index (κ3) is 4.50. The zero-order valence-electron chi connectivity index (χ0n) is 16.2. The van der Waals surface area contributed by atoms with E-state index < -0.39 is 10.8 Å². The molecule has 1 atom stereocenters. The molecular weight excluding hydrogens is 442 g/mol. The second kappa shape index (κ2) is 8.96. The van der Waals surface area contributed by atoms with Gasteiger partial charge in [-0.2, -0.15) is 5.10 Å². The van der Waals surface area contributed by atoms with Crippen LogP contribution in [0.5, 0.6) is 0 Å². The Labute approximate surface area is 187 Å². The summed E-state index contributed by atoms with van der Waals surface area (Å²) in [6.45, 7) is 0.706. The maximum atomic E-state index is 12.4. The predicted molar refractivity (Wildman–Crippen MR) is 120 cm³/mol. The molecule has 0 aliphatic carbocycles. The van der Waals surface area contributed by atoms with E-state index in [9.17, 15) is 14.9 Å². The number of fused-ring (bicyclic) bond motifs is 1. The summed E-state index contributed by atoms with van der Waals surface area (Å²) in [6, 6.07) is 8.99. The summed E-state index contributed by atoms with van der Waals surface area (Å²) in [5.74, 6) is -0.569. The van der Waals surface area contributed by atoms with Crippen molar-refractivity contribution in [3.8, 4) is 0 Å². The van der Waals surface area contributed by atoms with Crippen molar-refractivity contribution < 1.29 is 14.5 Å². The largest absolute Gasteiger partial charge is 0.356 e. The fourth-order valence-corrected chi connectivity index (χ4v) is 3.88. The first-order valence-electron chi connectivity index (χ1n) is 9.58. The van der Waals surface area contributed by atoms with E-state index in [1.807, 2.05) is 10.7 Å². The number of thiocarbonyl (C=S) groups is 1. The molecule has 4 rings (SSSR count). The summed E-state index contributed by atoms with van der Waals surface area (Å²) < 4.78 is 7.63.